The Bertz CT molecular complexity index is 965. The fourth-order valence-electron chi connectivity index (χ4n) is 5.57. The van der Waals surface area contributed by atoms with Crippen molar-refractivity contribution in [1.82, 2.24) is 9.80 Å². The molecule has 0 amide bonds. The van der Waals surface area contributed by atoms with Gasteiger partial charge in [-0.1, -0.05) is 67.4 Å². The molecule has 0 saturated carbocycles. The lowest BCUT2D eigenvalue weighted by Crippen LogP contribution is -2.36. The molecule has 0 aromatic heterocycles. The predicted octanol–water partition coefficient (Wildman–Crippen LogP) is 5.36. The van der Waals surface area contributed by atoms with Gasteiger partial charge in [0.2, 0.25) is 0 Å². The molecule has 2 aliphatic rings. The number of allylic oxidation sites excluding steroid dienone is 1. The van der Waals surface area contributed by atoms with E-state index in [1.165, 1.54) is 38.5 Å². The van der Waals surface area contributed by atoms with Crippen LogP contribution in [0.2, 0.25) is 0 Å². The minimum absolute atomic E-state index is 0.121. The zero-order chi connectivity index (χ0) is 25.2. The van der Waals surface area contributed by atoms with Gasteiger partial charge < -0.3 is 19.6 Å². The van der Waals surface area contributed by atoms with Gasteiger partial charge in [-0.15, -0.1) is 6.58 Å². The summed E-state index contributed by atoms with van der Waals surface area (Å²) in [5.74, 6) is -0.273. The normalized spacial score (nSPS) is 19.0. The molecule has 2 fully saturated rings. The molecule has 2 aromatic carbocycles. The zero-order valence-electron chi connectivity index (χ0n) is 21.6. The first kappa shape index (κ1) is 26.7. The van der Waals surface area contributed by atoms with E-state index < -0.39 is 6.10 Å². The van der Waals surface area contributed by atoms with Crippen LogP contribution in [0.3, 0.4) is 0 Å². The van der Waals surface area contributed by atoms with Crippen molar-refractivity contribution in [3.05, 3.63) is 83.4 Å². The molecule has 2 atom stereocenters. The number of aliphatic hydroxyl groups is 1. The van der Waals surface area contributed by atoms with Gasteiger partial charge in [0, 0.05) is 18.7 Å². The molecule has 5 nitrogen and oxygen atoms in total. The molecule has 0 aliphatic carbocycles. The molecule has 2 unspecified atom stereocenters. The summed E-state index contributed by atoms with van der Waals surface area (Å²) in [6, 6.07) is 15.0. The third-order valence-electron chi connectivity index (χ3n) is 7.58. The van der Waals surface area contributed by atoms with Gasteiger partial charge >= 0.3 is 0 Å². The molecule has 2 aliphatic heterocycles. The first-order valence-corrected chi connectivity index (χ1v) is 13.7. The summed E-state index contributed by atoms with van der Waals surface area (Å²) >= 11 is 0. The van der Waals surface area contributed by atoms with Crippen molar-refractivity contribution in [3.8, 4) is 0 Å². The average Bonchev–Trinajstić information content (AvgIpc) is 2.94. The van der Waals surface area contributed by atoms with Gasteiger partial charge in [0.1, 0.15) is 6.10 Å². The molecular weight excluding hydrogens is 448 g/mol. The number of rotatable bonds is 12. The van der Waals surface area contributed by atoms with Crippen molar-refractivity contribution in [2.45, 2.75) is 57.2 Å². The topological polar surface area (TPSA) is 53.0 Å². The highest BCUT2D eigenvalue weighted by Crippen LogP contribution is 2.30. The van der Waals surface area contributed by atoms with Gasteiger partial charge in [0.05, 0.1) is 12.7 Å². The SMILES string of the molecule is C=CCc1c(C(=O)C(O)c2ccccc2)cccc1C(CN1CCCCC1)OCCN1CCCCC1. The van der Waals surface area contributed by atoms with Crippen molar-refractivity contribution in [1.29, 1.82) is 0 Å². The van der Waals surface area contributed by atoms with Crippen molar-refractivity contribution in [3.63, 3.8) is 0 Å². The van der Waals surface area contributed by atoms with Crippen molar-refractivity contribution >= 4 is 5.78 Å². The standard InChI is InChI=1S/C31H42N2O3/c1-2-13-26-27(16-12-17-28(26)31(35)30(34)25-14-6-3-7-15-25)29(24-33-20-10-5-11-21-33)36-23-22-32-18-8-4-9-19-32/h2-3,6-7,12,14-17,29-30,34H,1,4-5,8-11,13,18-24H2. The number of carbonyl (C=O) groups is 1. The molecule has 1 N–H and O–H groups in total. The Kier molecular flexibility index (Phi) is 10.3. The van der Waals surface area contributed by atoms with E-state index in [2.05, 4.69) is 22.4 Å². The second kappa shape index (κ2) is 13.8. The van der Waals surface area contributed by atoms with E-state index in [0.717, 1.165) is 50.4 Å². The summed E-state index contributed by atoms with van der Waals surface area (Å²) in [5.41, 5.74) is 3.14. The minimum atomic E-state index is -1.19. The summed E-state index contributed by atoms with van der Waals surface area (Å²) < 4.78 is 6.61. The highest BCUT2D eigenvalue weighted by molar-refractivity contribution is 6.01. The summed E-state index contributed by atoms with van der Waals surface area (Å²) in [4.78, 5) is 18.5. The second-order valence-corrected chi connectivity index (χ2v) is 10.2. The van der Waals surface area contributed by atoms with Gasteiger partial charge in [-0.2, -0.15) is 0 Å². The van der Waals surface area contributed by atoms with Crippen molar-refractivity contribution < 1.29 is 14.6 Å². The lowest BCUT2D eigenvalue weighted by molar-refractivity contribution is 0.00760. The lowest BCUT2D eigenvalue weighted by Gasteiger charge is -2.33. The van der Waals surface area contributed by atoms with Crippen LogP contribution >= 0.6 is 0 Å². The van der Waals surface area contributed by atoms with Crippen LogP contribution in [0.1, 0.15) is 77.8 Å². The van der Waals surface area contributed by atoms with Crippen LogP contribution in [-0.2, 0) is 11.2 Å². The van der Waals surface area contributed by atoms with E-state index in [1.807, 2.05) is 36.4 Å². The number of Topliss-reactive ketones (excluding diaryl/α,β-unsaturated/α-hetero) is 1. The number of ether oxygens (including phenoxy) is 1. The predicted molar refractivity (Wildman–Crippen MR) is 145 cm³/mol. The Morgan fingerprint density at radius 2 is 1.58 bits per heavy atom. The Morgan fingerprint density at radius 1 is 0.917 bits per heavy atom. The van der Waals surface area contributed by atoms with Gasteiger partial charge in [-0.3, -0.25) is 4.79 Å². The highest BCUT2D eigenvalue weighted by atomic mass is 16.5. The quantitative estimate of drug-likeness (QED) is 0.321. The molecule has 0 radical (unpaired) electrons. The third kappa shape index (κ3) is 7.13. The van der Waals surface area contributed by atoms with Crippen LogP contribution in [0.15, 0.2) is 61.2 Å². The molecule has 2 heterocycles. The molecule has 4 rings (SSSR count). The van der Waals surface area contributed by atoms with E-state index in [-0.39, 0.29) is 11.9 Å². The summed E-state index contributed by atoms with van der Waals surface area (Å²) in [6.45, 7) is 10.9. The number of aliphatic hydroxyl groups excluding tert-OH is 1. The maximum absolute atomic E-state index is 13.5. The first-order valence-electron chi connectivity index (χ1n) is 13.7. The molecule has 0 spiro atoms. The van der Waals surface area contributed by atoms with Crippen molar-refractivity contribution in [2.75, 3.05) is 45.9 Å². The number of piperidine rings is 2. The fraction of sp³-hybridized carbons (Fsp3) is 0.516. The number of nitrogens with zero attached hydrogens (tertiary/aromatic N) is 2. The average molecular weight is 491 g/mol. The fourth-order valence-corrected chi connectivity index (χ4v) is 5.57. The molecule has 5 heteroatoms. The van der Waals surface area contributed by atoms with E-state index in [4.69, 9.17) is 4.74 Å². The third-order valence-corrected chi connectivity index (χ3v) is 7.58. The van der Waals surface area contributed by atoms with Crippen LogP contribution in [0.5, 0.6) is 0 Å². The van der Waals surface area contributed by atoms with E-state index in [1.54, 1.807) is 12.1 Å². The van der Waals surface area contributed by atoms with Crippen LogP contribution in [-0.4, -0.2) is 66.6 Å². The Balaban J connectivity index is 1.58. The molecular formula is C31H42N2O3. The summed E-state index contributed by atoms with van der Waals surface area (Å²) in [5, 5.41) is 10.9. The van der Waals surface area contributed by atoms with Crippen LogP contribution in [0, 0.1) is 0 Å². The number of carbonyl (C=O) groups excluding carboxylic acids is 1. The number of benzene rings is 2. The maximum Gasteiger partial charge on any atom is 0.196 e. The minimum Gasteiger partial charge on any atom is -0.380 e. The molecule has 2 saturated heterocycles. The zero-order valence-corrected chi connectivity index (χ0v) is 21.6. The lowest BCUT2D eigenvalue weighted by atomic mass is 9.89. The van der Waals surface area contributed by atoms with E-state index >= 15 is 0 Å². The number of likely N-dealkylation sites (tertiary alicyclic amines) is 2. The number of ketones is 1. The first-order chi connectivity index (χ1) is 17.7. The van der Waals surface area contributed by atoms with E-state index in [0.29, 0.717) is 24.2 Å². The van der Waals surface area contributed by atoms with Crippen molar-refractivity contribution in [2.24, 2.45) is 0 Å². The largest absolute Gasteiger partial charge is 0.380 e. The summed E-state index contributed by atoms with van der Waals surface area (Å²) in [6.07, 6.45) is 8.71. The summed E-state index contributed by atoms with van der Waals surface area (Å²) in [7, 11) is 0. The van der Waals surface area contributed by atoms with Crippen LogP contribution in [0.25, 0.3) is 0 Å². The molecule has 0 bridgehead atoms. The Hall–Kier alpha value is -2.31. The molecule has 36 heavy (non-hydrogen) atoms. The number of hydrogen-bond donors (Lipinski definition) is 1. The molecule has 194 valence electrons. The van der Waals surface area contributed by atoms with Crippen LogP contribution < -0.4 is 0 Å². The highest BCUT2D eigenvalue weighted by Gasteiger charge is 2.27. The maximum atomic E-state index is 13.5. The second-order valence-electron chi connectivity index (χ2n) is 10.2. The number of hydrogen-bond acceptors (Lipinski definition) is 5. The Labute approximate surface area is 216 Å². The van der Waals surface area contributed by atoms with Gasteiger partial charge in [0.15, 0.2) is 5.78 Å². The van der Waals surface area contributed by atoms with Gasteiger partial charge in [0.25, 0.3) is 0 Å². The smallest absolute Gasteiger partial charge is 0.196 e. The van der Waals surface area contributed by atoms with E-state index in [9.17, 15) is 9.90 Å². The van der Waals surface area contributed by atoms with Gasteiger partial charge in [-0.05, 0) is 75.0 Å². The Morgan fingerprint density at radius 3 is 2.25 bits per heavy atom. The van der Waals surface area contributed by atoms with Crippen LogP contribution in [0.4, 0.5) is 0 Å². The monoisotopic (exact) mass is 490 g/mol. The molecule has 2 aromatic rings. The van der Waals surface area contributed by atoms with Gasteiger partial charge in [-0.25, -0.2) is 0 Å².